The molecule has 1 amide bonds. The monoisotopic (exact) mass is 366 g/mol. The minimum absolute atomic E-state index is 0.105. The summed E-state index contributed by atoms with van der Waals surface area (Å²) in [6.45, 7) is 1.23. The number of amides is 1. The largest absolute Gasteiger partial charge is 0.494 e. The van der Waals surface area contributed by atoms with Crippen LogP contribution in [0.25, 0.3) is 11.0 Å². The third kappa shape index (κ3) is 3.05. The molecule has 0 radical (unpaired) electrons. The summed E-state index contributed by atoms with van der Waals surface area (Å²) >= 11 is 0. The first kappa shape index (κ1) is 17.2. The van der Waals surface area contributed by atoms with Crippen LogP contribution in [0.15, 0.2) is 42.5 Å². The zero-order chi connectivity index (χ0) is 19.0. The maximum absolute atomic E-state index is 14.1. The van der Waals surface area contributed by atoms with Gasteiger partial charge in [0.15, 0.2) is 23.2 Å². The third-order valence-electron chi connectivity index (χ3n) is 4.67. The molecule has 6 nitrogen and oxygen atoms in total. The molecule has 4 rings (SSSR count). The maximum atomic E-state index is 14.1. The topological polar surface area (TPSA) is 58.6 Å². The van der Waals surface area contributed by atoms with Crippen molar-refractivity contribution in [1.82, 2.24) is 9.97 Å². The lowest BCUT2D eigenvalue weighted by Crippen LogP contribution is -2.32. The Morgan fingerprint density at radius 1 is 1.07 bits per heavy atom. The second-order valence-electron chi connectivity index (χ2n) is 6.44. The standard InChI is InChI=1S/C20H19FN4O2/c1-24-10-5-11-25(20(26)13-8-9-17(27-2)14(21)12-13)19-18(24)22-15-6-3-4-7-16(15)23-19/h3-4,6-9,12H,5,10-11H2,1-2H3. The normalized spacial score (nSPS) is 14.0. The Morgan fingerprint density at radius 2 is 1.78 bits per heavy atom. The van der Waals surface area contributed by atoms with Crippen molar-refractivity contribution < 1.29 is 13.9 Å². The molecule has 0 aliphatic carbocycles. The van der Waals surface area contributed by atoms with E-state index in [-0.39, 0.29) is 17.2 Å². The van der Waals surface area contributed by atoms with Gasteiger partial charge in [-0.25, -0.2) is 14.4 Å². The molecule has 7 heteroatoms. The van der Waals surface area contributed by atoms with Crippen molar-refractivity contribution in [2.24, 2.45) is 0 Å². The SMILES string of the molecule is COc1ccc(C(=O)N2CCCN(C)c3nc4ccccc4nc32)cc1F. The quantitative estimate of drug-likeness (QED) is 0.697. The summed E-state index contributed by atoms with van der Waals surface area (Å²) in [6.07, 6.45) is 0.759. The first-order valence-electron chi connectivity index (χ1n) is 8.72. The van der Waals surface area contributed by atoms with Gasteiger partial charge in [0.05, 0.1) is 18.1 Å². The van der Waals surface area contributed by atoms with Crippen molar-refractivity contribution in [3.63, 3.8) is 0 Å². The van der Waals surface area contributed by atoms with Crippen molar-refractivity contribution in [1.29, 1.82) is 0 Å². The molecule has 0 saturated carbocycles. The average Bonchev–Trinajstić information content (AvgIpc) is 2.84. The summed E-state index contributed by atoms with van der Waals surface area (Å²) in [5, 5.41) is 0. The summed E-state index contributed by atoms with van der Waals surface area (Å²) in [5.74, 6) is 0.370. The Balaban J connectivity index is 1.81. The van der Waals surface area contributed by atoms with Crippen molar-refractivity contribution >= 4 is 28.6 Å². The molecule has 0 spiro atoms. The van der Waals surface area contributed by atoms with Gasteiger partial charge in [-0.05, 0) is 36.8 Å². The van der Waals surface area contributed by atoms with Crippen LogP contribution in [0.1, 0.15) is 16.8 Å². The number of benzene rings is 2. The molecule has 1 aliphatic heterocycles. The Kier molecular flexibility index (Phi) is 4.35. The van der Waals surface area contributed by atoms with Crippen molar-refractivity contribution in [2.75, 3.05) is 37.0 Å². The number of carbonyl (C=O) groups excluding carboxylic acids is 1. The van der Waals surface area contributed by atoms with E-state index in [9.17, 15) is 9.18 Å². The predicted molar refractivity (Wildman–Crippen MR) is 102 cm³/mol. The fourth-order valence-corrected chi connectivity index (χ4v) is 3.25. The number of hydrogen-bond acceptors (Lipinski definition) is 5. The van der Waals surface area contributed by atoms with Gasteiger partial charge >= 0.3 is 0 Å². The predicted octanol–water partition coefficient (Wildman–Crippen LogP) is 3.26. The van der Waals surface area contributed by atoms with Crippen LogP contribution in [0.3, 0.4) is 0 Å². The van der Waals surface area contributed by atoms with Gasteiger partial charge in [-0.15, -0.1) is 0 Å². The lowest BCUT2D eigenvalue weighted by atomic mass is 10.1. The molecular formula is C20H19FN4O2. The van der Waals surface area contributed by atoms with E-state index in [4.69, 9.17) is 14.7 Å². The summed E-state index contributed by atoms with van der Waals surface area (Å²) in [4.78, 5) is 26.1. The highest BCUT2D eigenvalue weighted by Crippen LogP contribution is 2.31. The number of carbonyl (C=O) groups is 1. The van der Waals surface area contributed by atoms with Gasteiger partial charge in [-0.2, -0.15) is 0 Å². The van der Waals surface area contributed by atoms with Crippen LogP contribution in [0, 0.1) is 5.82 Å². The van der Waals surface area contributed by atoms with Gasteiger partial charge in [0, 0.05) is 25.7 Å². The van der Waals surface area contributed by atoms with E-state index < -0.39 is 5.82 Å². The lowest BCUT2D eigenvalue weighted by Gasteiger charge is -2.23. The van der Waals surface area contributed by atoms with Gasteiger partial charge in [-0.3, -0.25) is 9.69 Å². The second kappa shape index (κ2) is 6.83. The number of methoxy groups -OCH3 is 1. The van der Waals surface area contributed by atoms with Crippen LogP contribution in [-0.2, 0) is 0 Å². The van der Waals surface area contributed by atoms with Crippen molar-refractivity contribution in [3.8, 4) is 5.75 Å². The molecule has 0 unspecified atom stereocenters. The maximum Gasteiger partial charge on any atom is 0.259 e. The number of halogens is 1. The first-order chi connectivity index (χ1) is 13.1. The molecular weight excluding hydrogens is 347 g/mol. The fraction of sp³-hybridized carbons (Fsp3) is 0.250. The van der Waals surface area contributed by atoms with Crippen molar-refractivity contribution in [3.05, 3.63) is 53.8 Å². The Hall–Kier alpha value is -3.22. The number of ether oxygens (including phenoxy) is 1. The minimum Gasteiger partial charge on any atom is -0.494 e. The third-order valence-corrected chi connectivity index (χ3v) is 4.67. The molecule has 0 fully saturated rings. The van der Waals surface area contributed by atoms with E-state index in [1.165, 1.54) is 19.2 Å². The number of para-hydroxylation sites is 2. The van der Waals surface area contributed by atoms with Crippen LogP contribution in [0.2, 0.25) is 0 Å². The average molecular weight is 366 g/mol. The highest BCUT2D eigenvalue weighted by atomic mass is 19.1. The van der Waals surface area contributed by atoms with Gasteiger partial charge in [-0.1, -0.05) is 12.1 Å². The highest BCUT2D eigenvalue weighted by Gasteiger charge is 2.28. The fourth-order valence-electron chi connectivity index (χ4n) is 3.25. The highest BCUT2D eigenvalue weighted by molar-refractivity contribution is 6.07. The Labute approximate surface area is 156 Å². The van der Waals surface area contributed by atoms with Crippen LogP contribution in [-0.4, -0.2) is 43.1 Å². The van der Waals surface area contributed by atoms with E-state index in [1.54, 1.807) is 11.0 Å². The smallest absolute Gasteiger partial charge is 0.259 e. The summed E-state index contributed by atoms with van der Waals surface area (Å²) in [6, 6.07) is 11.8. The van der Waals surface area contributed by atoms with Gasteiger partial charge in [0.1, 0.15) is 0 Å². The summed E-state index contributed by atoms with van der Waals surface area (Å²) in [7, 11) is 3.32. The zero-order valence-electron chi connectivity index (χ0n) is 15.1. The molecule has 2 heterocycles. The van der Waals surface area contributed by atoms with Crippen LogP contribution >= 0.6 is 0 Å². The zero-order valence-corrected chi connectivity index (χ0v) is 15.1. The van der Waals surface area contributed by atoms with Crippen LogP contribution in [0.4, 0.5) is 16.0 Å². The minimum atomic E-state index is -0.569. The van der Waals surface area contributed by atoms with E-state index in [0.29, 0.717) is 23.7 Å². The van der Waals surface area contributed by atoms with E-state index >= 15 is 0 Å². The number of hydrogen-bond donors (Lipinski definition) is 0. The van der Waals surface area contributed by atoms with E-state index in [2.05, 4.69) is 0 Å². The summed E-state index contributed by atoms with van der Waals surface area (Å²) in [5.41, 5.74) is 1.73. The molecule has 2 aromatic carbocycles. The Bertz CT molecular complexity index is 1020. The van der Waals surface area contributed by atoms with Crippen LogP contribution in [0.5, 0.6) is 5.75 Å². The van der Waals surface area contributed by atoms with E-state index in [1.807, 2.05) is 36.2 Å². The molecule has 1 aliphatic rings. The van der Waals surface area contributed by atoms with Crippen molar-refractivity contribution in [2.45, 2.75) is 6.42 Å². The van der Waals surface area contributed by atoms with Crippen LogP contribution < -0.4 is 14.5 Å². The first-order valence-corrected chi connectivity index (χ1v) is 8.72. The number of aromatic nitrogens is 2. The molecule has 0 saturated heterocycles. The number of rotatable bonds is 2. The van der Waals surface area contributed by atoms with Gasteiger partial charge in [0.25, 0.3) is 5.91 Å². The lowest BCUT2D eigenvalue weighted by molar-refractivity contribution is 0.0986. The Morgan fingerprint density at radius 3 is 2.44 bits per heavy atom. The van der Waals surface area contributed by atoms with Gasteiger partial charge in [0.2, 0.25) is 0 Å². The molecule has 0 bridgehead atoms. The molecule has 3 aromatic rings. The van der Waals surface area contributed by atoms with Gasteiger partial charge < -0.3 is 9.64 Å². The molecule has 138 valence electrons. The second-order valence-corrected chi connectivity index (χ2v) is 6.44. The number of nitrogens with zero attached hydrogens (tertiary/aromatic N) is 4. The number of fused-ring (bicyclic) bond motifs is 2. The molecule has 27 heavy (non-hydrogen) atoms. The summed E-state index contributed by atoms with van der Waals surface area (Å²) < 4.78 is 19.0. The number of anilines is 2. The van der Waals surface area contributed by atoms with E-state index in [0.717, 1.165) is 18.5 Å². The molecule has 0 N–H and O–H groups in total. The molecule has 1 aromatic heterocycles. The molecule has 0 atom stereocenters.